The second-order valence-corrected chi connectivity index (χ2v) is 9.21. The van der Waals surface area contributed by atoms with E-state index in [1.165, 1.54) is 23.1 Å². The van der Waals surface area contributed by atoms with Crippen molar-refractivity contribution in [3.8, 4) is 11.5 Å². The lowest BCUT2D eigenvalue weighted by molar-refractivity contribution is -0.120. The van der Waals surface area contributed by atoms with Crippen LogP contribution in [-0.4, -0.2) is 47.1 Å². The van der Waals surface area contributed by atoms with Gasteiger partial charge in [0.2, 0.25) is 0 Å². The van der Waals surface area contributed by atoms with Gasteiger partial charge < -0.3 is 9.47 Å². The first-order chi connectivity index (χ1) is 13.9. The molecule has 2 aromatic rings. The molecular formula is C19H19ClN4O3S2. The Morgan fingerprint density at radius 3 is 2.59 bits per heavy atom. The highest BCUT2D eigenvalue weighted by molar-refractivity contribution is 8.13. The molecule has 0 saturated carbocycles. The number of aromatic nitrogens is 1. The molecule has 4 rings (SSSR count). The lowest BCUT2D eigenvalue weighted by Crippen LogP contribution is -2.46. The molecule has 2 aliphatic heterocycles. The molecule has 3 heterocycles. The minimum Gasteiger partial charge on any atom is -0.493 e. The largest absolute Gasteiger partial charge is 0.493 e. The third-order valence-corrected chi connectivity index (χ3v) is 6.66. The van der Waals surface area contributed by atoms with Crippen molar-refractivity contribution in [3.63, 3.8) is 0 Å². The normalized spacial score (nSPS) is 17.8. The molecule has 1 atom stereocenters. The van der Waals surface area contributed by atoms with Crippen LogP contribution in [0.3, 0.4) is 0 Å². The number of rotatable bonds is 5. The predicted octanol–water partition coefficient (Wildman–Crippen LogP) is 4.36. The van der Waals surface area contributed by atoms with Gasteiger partial charge in [-0.15, -0.1) is 11.3 Å². The van der Waals surface area contributed by atoms with Crippen molar-refractivity contribution in [1.82, 2.24) is 9.88 Å². The molecule has 152 valence electrons. The van der Waals surface area contributed by atoms with E-state index in [1.807, 2.05) is 36.3 Å². The summed E-state index contributed by atoms with van der Waals surface area (Å²) < 4.78 is 11.4. The summed E-state index contributed by atoms with van der Waals surface area (Å²) in [6.07, 6.45) is 0. The number of thioether (sulfide) groups is 1. The molecule has 0 unspecified atom stereocenters. The predicted molar refractivity (Wildman–Crippen MR) is 117 cm³/mol. The van der Waals surface area contributed by atoms with E-state index in [4.69, 9.17) is 26.1 Å². The average Bonchev–Trinajstić information content (AvgIpc) is 3.27. The minimum atomic E-state index is -0.392. The van der Waals surface area contributed by atoms with Gasteiger partial charge in [0, 0.05) is 22.8 Å². The van der Waals surface area contributed by atoms with Crippen LogP contribution in [0.2, 0.25) is 4.47 Å². The van der Waals surface area contributed by atoms with E-state index in [-0.39, 0.29) is 11.8 Å². The molecule has 10 heteroatoms. The Kier molecular flexibility index (Phi) is 5.54. The summed E-state index contributed by atoms with van der Waals surface area (Å²) in [5, 5.41) is 2.63. The molecule has 2 aliphatic rings. The van der Waals surface area contributed by atoms with E-state index in [0.29, 0.717) is 38.4 Å². The molecule has 0 spiro atoms. The number of carbonyl (C=O) groups excluding carboxylic acids is 1. The van der Waals surface area contributed by atoms with Crippen LogP contribution in [0, 0.1) is 5.92 Å². The van der Waals surface area contributed by atoms with Gasteiger partial charge >= 0.3 is 0 Å². The van der Waals surface area contributed by atoms with Gasteiger partial charge in [-0.05, 0) is 12.0 Å². The van der Waals surface area contributed by atoms with Crippen LogP contribution in [0.15, 0.2) is 27.5 Å². The fourth-order valence-corrected chi connectivity index (χ4v) is 5.15. The molecule has 0 bridgehead atoms. The highest BCUT2D eigenvalue weighted by atomic mass is 35.5. The summed E-state index contributed by atoms with van der Waals surface area (Å²) in [6, 6.07) is 3.24. The molecule has 7 nitrogen and oxygen atoms in total. The maximum atomic E-state index is 12.7. The second kappa shape index (κ2) is 7.97. The van der Waals surface area contributed by atoms with E-state index in [0.717, 1.165) is 11.3 Å². The third-order valence-electron chi connectivity index (χ3n) is 4.64. The van der Waals surface area contributed by atoms with Crippen LogP contribution in [0.1, 0.15) is 25.1 Å². The second-order valence-electron chi connectivity index (χ2n) is 6.83. The number of aliphatic imine (C=N–C) groups is 2. The Morgan fingerprint density at radius 1 is 1.24 bits per heavy atom. The van der Waals surface area contributed by atoms with Crippen LogP contribution in [0.25, 0.3) is 0 Å². The smallest absolute Gasteiger partial charge is 0.271 e. The van der Waals surface area contributed by atoms with Crippen molar-refractivity contribution in [2.75, 3.05) is 14.2 Å². The van der Waals surface area contributed by atoms with E-state index in [1.54, 1.807) is 14.2 Å². The van der Waals surface area contributed by atoms with Gasteiger partial charge in [0.1, 0.15) is 11.9 Å². The maximum Gasteiger partial charge on any atom is 0.271 e. The first-order valence-corrected chi connectivity index (χ1v) is 11.2. The number of amidine groups is 2. The first kappa shape index (κ1) is 20.2. The summed E-state index contributed by atoms with van der Waals surface area (Å²) in [7, 11) is 3.16. The van der Waals surface area contributed by atoms with E-state index in [9.17, 15) is 4.79 Å². The number of halogens is 1. The van der Waals surface area contributed by atoms with E-state index in [2.05, 4.69) is 9.98 Å². The SMILES string of the molecule is COc1cc2c(cc1OC)C1=NC(=O)[C@H](C(C)C)N1C(SCc1csc(Cl)n1)=N2. The van der Waals surface area contributed by atoms with Crippen LogP contribution in [-0.2, 0) is 10.5 Å². The number of benzene rings is 1. The standard InChI is InChI=1S/C19H19ClN4O3S2/c1-9(2)15-17(25)23-16-11-5-13(26-3)14(27-4)6-12(11)22-19(24(15)16)29-8-10-7-28-18(20)21-10/h5-7,9,15H,8H2,1-4H3/t15-/m0/s1. The summed E-state index contributed by atoms with van der Waals surface area (Å²) in [4.78, 5) is 28.2. The van der Waals surface area contributed by atoms with Gasteiger partial charge in [-0.2, -0.15) is 4.99 Å². The molecule has 29 heavy (non-hydrogen) atoms. The van der Waals surface area contributed by atoms with Crippen molar-refractivity contribution in [2.45, 2.75) is 25.6 Å². The molecule has 0 fully saturated rings. The summed E-state index contributed by atoms with van der Waals surface area (Å²) in [6.45, 7) is 4.02. The first-order valence-electron chi connectivity index (χ1n) is 8.92. The molecular weight excluding hydrogens is 432 g/mol. The lowest BCUT2D eigenvalue weighted by atomic mass is 10.0. The molecule has 0 radical (unpaired) electrons. The molecule has 1 aromatic carbocycles. The highest BCUT2D eigenvalue weighted by Crippen LogP contribution is 2.42. The Bertz CT molecular complexity index is 1030. The van der Waals surface area contributed by atoms with Crippen LogP contribution in [0.5, 0.6) is 11.5 Å². The molecule has 0 N–H and O–H groups in total. The topological polar surface area (TPSA) is 76.4 Å². The lowest BCUT2D eigenvalue weighted by Gasteiger charge is -2.33. The fraction of sp³-hybridized carbons (Fsp3) is 0.368. The molecule has 1 aromatic heterocycles. The number of methoxy groups -OCH3 is 2. The summed E-state index contributed by atoms with van der Waals surface area (Å²) in [5.74, 6) is 2.24. The van der Waals surface area contributed by atoms with Gasteiger partial charge in [0.05, 0.1) is 25.6 Å². The number of fused-ring (bicyclic) bond motifs is 3. The quantitative estimate of drug-likeness (QED) is 0.673. The number of amides is 1. The van der Waals surface area contributed by atoms with Gasteiger partial charge in [-0.1, -0.05) is 37.2 Å². The van der Waals surface area contributed by atoms with Gasteiger partial charge in [0.25, 0.3) is 5.91 Å². The number of carbonyl (C=O) groups is 1. The fourth-order valence-electron chi connectivity index (χ4n) is 3.34. The Labute approximate surface area is 181 Å². The molecule has 0 aliphatic carbocycles. The Hall–Kier alpha value is -2.10. The van der Waals surface area contributed by atoms with Crippen molar-refractivity contribution in [3.05, 3.63) is 33.2 Å². The summed E-state index contributed by atoms with van der Waals surface area (Å²) in [5.41, 5.74) is 2.31. The number of hydrogen-bond donors (Lipinski definition) is 0. The molecule has 1 amide bonds. The zero-order chi connectivity index (χ0) is 20.7. The maximum absolute atomic E-state index is 12.7. The Morgan fingerprint density at radius 2 is 1.97 bits per heavy atom. The average molecular weight is 451 g/mol. The van der Waals surface area contributed by atoms with Crippen molar-refractivity contribution in [2.24, 2.45) is 15.9 Å². The third kappa shape index (κ3) is 3.62. The highest BCUT2D eigenvalue weighted by Gasteiger charge is 2.43. The van der Waals surface area contributed by atoms with E-state index >= 15 is 0 Å². The van der Waals surface area contributed by atoms with Crippen LogP contribution in [0.4, 0.5) is 5.69 Å². The number of nitrogens with zero attached hydrogens (tertiary/aromatic N) is 4. The molecule has 0 saturated heterocycles. The van der Waals surface area contributed by atoms with Gasteiger partial charge in [0.15, 0.2) is 21.1 Å². The van der Waals surface area contributed by atoms with Crippen molar-refractivity contribution in [1.29, 1.82) is 0 Å². The summed E-state index contributed by atoms with van der Waals surface area (Å²) >= 11 is 8.85. The zero-order valence-electron chi connectivity index (χ0n) is 16.3. The van der Waals surface area contributed by atoms with Crippen LogP contribution >= 0.6 is 34.7 Å². The Balaban J connectivity index is 1.78. The van der Waals surface area contributed by atoms with E-state index < -0.39 is 6.04 Å². The number of ether oxygens (including phenoxy) is 2. The van der Waals surface area contributed by atoms with Crippen molar-refractivity contribution >= 4 is 57.3 Å². The van der Waals surface area contributed by atoms with Gasteiger partial charge in [-0.25, -0.2) is 9.98 Å². The number of thiazole rings is 1. The van der Waals surface area contributed by atoms with Crippen LogP contribution < -0.4 is 9.47 Å². The monoisotopic (exact) mass is 450 g/mol. The van der Waals surface area contributed by atoms with Crippen molar-refractivity contribution < 1.29 is 14.3 Å². The zero-order valence-corrected chi connectivity index (χ0v) is 18.7. The minimum absolute atomic E-state index is 0.0740. The van der Waals surface area contributed by atoms with Gasteiger partial charge in [-0.3, -0.25) is 9.69 Å². The number of hydrogen-bond acceptors (Lipinski definition) is 8.